The quantitative estimate of drug-likeness (QED) is 0.756. The molecule has 1 aromatic rings. The third kappa shape index (κ3) is 3.39. The van der Waals surface area contributed by atoms with Gasteiger partial charge in [0.1, 0.15) is 0 Å². The second-order valence-electron chi connectivity index (χ2n) is 4.06. The van der Waals surface area contributed by atoms with Gasteiger partial charge in [0.2, 0.25) is 5.01 Å². The van der Waals surface area contributed by atoms with Crippen LogP contribution >= 0.6 is 11.3 Å². The van der Waals surface area contributed by atoms with Crippen molar-refractivity contribution in [3.8, 4) is 5.19 Å². The molecule has 1 aliphatic carbocycles. The van der Waals surface area contributed by atoms with Gasteiger partial charge in [0.25, 0.3) is 5.19 Å². The van der Waals surface area contributed by atoms with Crippen LogP contribution < -0.4 is 4.74 Å². The highest BCUT2D eigenvalue weighted by Gasteiger charge is 2.18. The number of nitrogens with zero attached hydrogens (tertiary/aromatic N) is 2. The second-order valence-corrected chi connectivity index (χ2v) is 5.00. The fourth-order valence-electron chi connectivity index (χ4n) is 1.91. The molecule has 0 radical (unpaired) electrons. The Balaban J connectivity index is 1.83. The van der Waals surface area contributed by atoms with Crippen molar-refractivity contribution >= 4 is 17.3 Å². The maximum atomic E-state index is 11.3. The average Bonchev–Trinajstić information content (AvgIpc) is 2.98. The molecule has 1 saturated carbocycles. The van der Waals surface area contributed by atoms with Gasteiger partial charge in [-0.05, 0) is 37.0 Å². The van der Waals surface area contributed by atoms with Gasteiger partial charge in [-0.15, -0.1) is 5.10 Å². The molecular weight excluding hydrogens is 240 g/mol. The molecule has 0 unspecified atom stereocenters. The smallest absolute Gasteiger partial charge is 0.369 e. The van der Waals surface area contributed by atoms with E-state index in [4.69, 9.17) is 9.47 Å². The van der Waals surface area contributed by atoms with Gasteiger partial charge < -0.3 is 9.47 Å². The minimum atomic E-state index is -0.430. The van der Waals surface area contributed by atoms with Crippen LogP contribution in [0, 0.1) is 5.92 Å². The maximum absolute atomic E-state index is 11.3. The molecule has 0 bridgehead atoms. The normalized spacial score (nSPS) is 16.1. The monoisotopic (exact) mass is 256 g/mol. The Hall–Kier alpha value is -1.17. The first kappa shape index (κ1) is 12.3. The van der Waals surface area contributed by atoms with Gasteiger partial charge in [-0.2, -0.15) is 0 Å². The largest absolute Gasteiger partial charge is 0.469 e. The number of hydrogen-bond donors (Lipinski definition) is 0. The highest BCUT2D eigenvalue weighted by molar-refractivity contribution is 7.14. The molecule has 94 valence electrons. The molecular formula is C11H16N2O3S. The zero-order valence-corrected chi connectivity index (χ0v) is 10.7. The number of aromatic nitrogens is 2. The third-order valence-electron chi connectivity index (χ3n) is 2.77. The molecule has 1 fully saturated rings. The molecule has 6 heteroatoms. The van der Waals surface area contributed by atoms with E-state index in [2.05, 4.69) is 10.2 Å². The highest BCUT2D eigenvalue weighted by Crippen LogP contribution is 2.26. The predicted octanol–water partition coefficient (Wildman–Crippen LogP) is 2.28. The van der Waals surface area contributed by atoms with Crippen LogP contribution in [0.5, 0.6) is 5.19 Å². The summed E-state index contributed by atoms with van der Waals surface area (Å²) in [5.74, 6) is 0.200. The van der Waals surface area contributed by atoms with Crippen LogP contribution in [0.2, 0.25) is 0 Å². The molecule has 1 heterocycles. The van der Waals surface area contributed by atoms with Crippen LogP contribution in [0.4, 0.5) is 0 Å². The molecule has 0 saturated heterocycles. The lowest BCUT2D eigenvalue weighted by Gasteiger charge is -2.07. The zero-order chi connectivity index (χ0) is 12.1. The lowest BCUT2D eigenvalue weighted by molar-refractivity contribution is 0.0525. The Labute approximate surface area is 104 Å². The number of rotatable bonds is 5. The Morgan fingerprint density at radius 2 is 2.18 bits per heavy atom. The Morgan fingerprint density at radius 3 is 2.88 bits per heavy atom. The van der Waals surface area contributed by atoms with E-state index in [1.807, 2.05) is 0 Å². The van der Waals surface area contributed by atoms with Crippen molar-refractivity contribution in [2.75, 3.05) is 13.2 Å². The van der Waals surface area contributed by atoms with Crippen LogP contribution in [0.1, 0.15) is 42.4 Å². The number of carbonyl (C=O) groups excluding carboxylic acids is 1. The molecule has 0 aliphatic heterocycles. The fraction of sp³-hybridized carbons (Fsp3) is 0.727. The van der Waals surface area contributed by atoms with Crippen LogP contribution in [-0.2, 0) is 4.74 Å². The summed E-state index contributed by atoms with van der Waals surface area (Å²) < 4.78 is 10.4. The number of esters is 1. The summed E-state index contributed by atoms with van der Waals surface area (Å²) >= 11 is 1.15. The van der Waals surface area contributed by atoms with Crippen molar-refractivity contribution < 1.29 is 14.3 Å². The maximum Gasteiger partial charge on any atom is 0.369 e. The van der Waals surface area contributed by atoms with Crippen molar-refractivity contribution in [3.63, 3.8) is 0 Å². The summed E-state index contributed by atoms with van der Waals surface area (Å²) in [5.41, 5.74) is 0. The molecule has 0 aromatic carbocycles. The van der Waals surface area contributed by atoms with Gasteiger partial charge in [-0.3, -0.25) is 0 Å². The summed E-state index contributed by atoms with van der Waals surface area (Å²) in [7, 11) is 0. The molecule has 17 heavy (non-hydrogen) atoms. The second kappa shape index (κ2) is 5.95. The Bertz CT molecular complexity index is 375. The Morgan fingerprint density at radius 1 is 1.41 bits per heavy atom. The van der Waals surface area contributed by atoms with E-state index in [-0.39, 0.29) is 5.01 Å². The van der Waals surface area contributed by atoms with E-state index in [1.165, 1.54) is 25.7 Å². The van der Waals surface area contributed by atoms with Crippen LogP contribution in [0.25, 0.3) is 0 Å². The predicted molar refractivity (Wildman–Crippen MR) is 63.3 cm³/mol. The summed E-state index contributed by atoms with van der Waals surface area (Å²) in [6.45, 7) is 2.78. The zero-order valence-electron chi connectivity index (χ0n) is 9.85. The van der Waals surface area contributed by atoms with E-state index in [1.54, 1.807) is 6.92 Å². The van der Waals surface area contributed by atoms with Crippen LogP contribution in [0.15, 0.2) is 0 Å². The molecule has 2 rings (SSSR count). The first-order chi connectivity index (χ1) is 8.29. The van der Waals surface area contributed by atoms with Crippen molar-refractivity contribution in [3.05, 3.63) is 5.01 Å². The molecule has 0 spiro atoms. The lowest BCUT2D eigenvalue weighted by Crippen LogP contribution is -2.07. The van der Waals surface area contributed by atoms with Gasteiger partial charge >= 0.3 is 5.97 Å². The molecule has 0 amide bonds. The number of hydrogen-bond acceptors (Lipinski definition) is 6. The topological polar surface area (TPSA) is 61.3 Å². The Kier molecular flexibility index (Phi) is 4.30. The van der Waals surface area contributed by atoms with Gasteiger partial charge in [-0.1, -0.05) is 17.9 Å². The minimum absolute atomic E-state index is 0.258. The standard InChI is InChI=1S/C11H16N2O3S/c1-2-15-10(14)9-12-13-11(17-9)16-7-8-5-3-4-6-8/h8H,2-7H2,1H3. The summed E-state index contributed by atoms with van der Waals surface area (Å²) in [6, 6.07) is 0. The first-order valence-corrected chi connectivity index (χ1v) is 6.74. The van der Waals surface area contributed by atoms with E-state index in [0.717, 1.165) is 11.3 Å². The van der Waals surface area contributed by atoms with Crippen molar-refractivity contribution in [1.29, 1.82) is 0 Å². The fourth-order valence-corrected chi connectivity index (χ4v) is 2.51. The van der Waals surface area contributed by atoms with Crippen LogP contribution in [-0.4, -0.2) is 29.4 Å². The van der Waals surface area contributed by atoms with Gasteiger partial charge in [0, 0.05) is 0 Å². The first-order valence-electron chi connectivity index (χ1n) is 5.93. The van der Waals surface area contributed by atoms with Crippen molar-refractivity contribution in [2.24, 2.45) is 5.92 Å². The molecule has 0 atom stereocenters. The highest BCUT2D eigenvalue weighted by atomic mass is 32.1. The van der Waals surface area contributed by atoms with E-state index in [0.29, 0.717) is 24.3 Å². The molecule has 1 aliphatic rings. The number of carbonyl (C=O) groups is 1. The minimum Gasteiger partial charge on any atom is -0.469 e. The lowest BCUT2D eigenvalue weighted by atomic mass is 10.1. The van der Waals surface area contributed by atoms with E-state index in [9.17, 15) is 4.79 Å². The summed E-state index contributed by atoms with van der Waals surface area (Å²) in [4.78, 5) is 11.3. The average molecular weight is 256 g/mol. The van der Waals surface area contributed by atoms with Crippen molar-refractivity contribution in [1.82, 2.24) is 10.2 Å². The molecule has 5 nitrogen and oxygen atoms in total. The van der Waals surface area contributed by atoms with E-state index < -0.39 is 5.97 Å². The van der Waals surface area contributed by atoms with Gasteiger partial charge in [0.15, 0.2) is 0 Å². The third-order valence-corrected chi connectivity index (χ3v) is 3.59. The van der Waals surface area contributed by atoms with Gasteiger partial charge in [0.05, 0.1) is 13.2 Å². The van der Waals surface area contributed by atoms with Crippen LogP contribution in [0.3, 0.4) is 0 Å². The molecule has 1 aromatic heterocycles. The summed E-state index contributed by atoms with van der Waals surface area (Å²) in [5, 5.41) is 8.29. The van der Waals surface area contributed by atoms with Gasteiger partial charge in [-0.25, -0.2) is 4.79 Å². The van der Waals surface area contributed by atoms with Crippen molar-refractivity contribution in [2.45, 2.75) is 32.6 Å². The van der Waals surface area contributed by atoms with E-state index >= 15 is 0 Å². The number of ether oxygens (including phenoxy) is 2. The molecule has 0 N–H and O–H groups in total. The SMILES string of the molecule is CCOC(=O)c1nnc(OCC2CCCC2)s1. The summed E-state index contributed by atoms with van der Waals surface area (Å²) in [6.07, 6.45) is 5.03.